The highest BCUT2D eigenvalue weighted by Crippen LogP contribution is 2.46. The number of nitrogens with one attached hydrogen (secondary N) is 1. The summed E-state index contributed by atoms with van der Waals surface area (Å²) in [5.41, 5.74) is 7.44. The molecular weight excluding hydrogens is 521 g/mol. The number of aliphatic hydroxyl groups is 1. The Labute approximate surface area is 219 Å². The second kappa shape index (κ2) is 12.1. The van der Waals surface area contributed by atoms with Gasteiger partial charge >= 0.3 is 13.7 Å². The van der Waals surface area contributed by atoms with Gasteiger partial charge in [0.25, 0.3) is 0 Å². The molecule has 2 heterocycles. The minimum Gasteiger partial charge on any atom is -0.462 e. The number of allylic oxidation sites excluding steroid dienone is 1. The molecule has 0 aromatic heterocycles. The second-order valence-electron chi connectivity index (χ2n) is 9.18. The van der Waals surface area contributed by atoms with Crippen LogP contribution in [0, 0.1) is 0 Å². The third-order valence-electron chi connectivity index (χ3n) is 5.74. The topological polar surface area (TPSA) is 189 Å². The zero-order chi connectivity index (χ0) is 28.1. The molecule has 1 amide bonds. The van der Waals surface area contributed by atoms with Gasteiger partial charge in [-0.2, -0.15) is 5.09 Å². The molecule has 2 aliphatic rings. The molecule has 2 aliphatic heterocycles. The molecular formula is C23H30N5O9P. The summed E-state index contributed by atoms with van der Waals surface area (Å²) in [6, 6.07) is 6.96. The van der Waals surface area contributed by atoms with Crippen molar-refractivity contribution < 1.29 is 42.6 Å². The van der Waals surface area contributed by atoms with Gasteiger partial charge in [-0.25, -0.2) is 4.57 Å². The highest BCUT2D eigenvalue weighted by Gasteiger charge is 2.56. The molecule has 0 bridgehead atoms. The van der Waals surface area contributed by atoms with Gasteiger partial charge in [-0.15, -0.1) is 0 Å². The van der Waals surface area contributed by atoms with Crippen molar-refractivity contribution >= 4 is 25.4 Å². The maximum absolute atomic E-state index is 13.7. The van der Waals surface area contributed by atoms with Crippen LogP contribution in [0.15, 0.2) is 47.7 Å². The van der Waals surface area contributed by atoms with E-state index in [1.54, 1.807) is 32.0 Å². The van der Waals surface area contributed by atoms with Gasteiger partial charge in [0.15, 0.2) is 12.0 Å². The highest BCUT2D eigenvalue weighted by molar-refractivity contribution is 7.52. The first-order valence-electron chi connectivity index (χ1n) is 11.8. The smallest absolute Gasteiger partial charge is 0.459 e. The molecule has 1 unspecified atom stereocenters. The van der Waals surface area contributed by atoms with Crippen LogP contribution in [0.1, 0.15) is 34.1 Å². The van der Waals surface area contributed by atoms with Crippen molar-refractivity contribution in [2.75, 3.05) is 6.61 Å². The largest absolute Gasteiger partial charge is 0.462 e. The van der Waals surface area contributed by atoms with Gasteiger partial charge < -0.3 is 19.1 Å². The molecule has 14 nitrogen and oxygen atoms in total. The average Bonchev–Trinajstić information content (AvgIpc) is 3.08. The number of hydrogen-bond donors (Lipinski definition) is 2. The Morgan fingerprint density at radius 2 is 2.03 bits per heavy atom. The molecule has 6 atom stereocenters. The van der Waals surface area contributed by atoms with E-state index < -0.39 is 74.6 Å². The zero-order valence-electron chi connectivity index (χ0n) is 21.3. The normalized spacial score (nSPS) is 27.5. The Balaban J connectivity index is 1.83. The van der Waals surface area contributed by atoms with Crippen LogP contribution in [0.2, 0.25) is 0 Å². The number of ketones is 1. The van der Waals surface area contributed by atoms with Gasteiger partial charge in [-0.1, -0.05) is 23.3 Å². The number of carbonyl (C=O) groups excluding carboxylic acids is 3. The minimum absolute atomic E-state index is 0.172. The molecule has 1 aromatic carbocycles. The van der Waals surface area contributed by atoms with Crippen LogP contribution in [0.4, 0.5) is 0 Å². The van der Waals surface area contributed by atoms with Crippen molar-refractivity contribution in [2.24, 2.45) is 5.11 Å². The third kappa shape index (κ3) is 6.79. The van der Waals surface area contributed by atoms with E-state index in [0.717, 1.165) is 4.90 Å². The third-order valence-corrected chi connectivity index (χ3v) is 7.38. The molecule has 1 fully saturated rings. The molecule has 2 N–H and O–H groups in total. The molecule has 0 aliphatic carbocycles. The molecule has 38 heavy (non-hydrogen) atoms. The number of amides is 1. The number of esters is 1. The van der Waals surface area contributed by atoms with Crippen LogP contribution < -0.4 is 9.61 Å². The molecule has 0 saturated carbocycles. The van der Waals surface area contributed by atoms with E-state index in [1.165, 1.54) is 38.3 Å². The van der Waals surface area contributed by atoms with Crippen LogP contribution in [0.25, 0.3) is 10.4 Å². The van der Waals surface area contributed by atoms with Crippen LogP contribution in [-0.4, -0.2) is 70.4 Å². The second-order valence-corrected chi connectivity index (χ2v) is 10.9. The standard InChI is InChI=1S/C23H30N5O9P/c1-14(2)35-21(32)15(3)25-38(33,37-17-8-6-5-7-9-17)34-13-18-20(31)23(4,26-27-24)22(36-18)28-11-10-16(29)12-19(28)30/h5-11,14-15,18,20,22,31H,12-13H2,1-4H3,(H,25,33)/t15-,18-,20-,22-,23-,38?/m1/s1. The van der Waals surface area contributed by atoms with Gasteiger partial charge in [0.2, 0.25) is 5.91 Å². The van der Waals surface area contributed by atoms with Crippen molar-refractivity contribution in [2.45, 2.75) is 70.2 Å². The highest BCUT2D eigenvalue weighted by atomic mass is 31.2. The van der Waals surface area contributed by atoms with Crippen LogP contribution in [0.5, 0.6) is 5.75 Å². The number of azide groups is 1. The van der Waals surface area contributed by atoms with Crippen molar-refractivity contribution in [3.8, 4) is 5.75 Å². The lowest BCUT2D eigenvalue weighted by atomic mass is 9.92. The Kier molecular flexibility index (Phi) is 9.31. The van der Waals surface area contributed by atoms with Crippen molar-refractivity contribution in [1.29, 1.82) is 0 Å². The first-order chi connectivity index (χ1) is 17.9. The Morgan fingerprint density at radius 3 is 2.63 bits per heavy atom. The molecule has 206 valence electrons. The van der Waals surface area contributed by atoms with E-state index in [4.69, 9.17) is 24.1 Å². The summed E-state index contributed by atoms with van der Waals surface area (Å²) in [6.45, 7) is 5.56. The number of hydrogen-bond acceptors (Lipinski definition) is 10. The number of aliphatic hydroxyl groups excluding tert-OH is 1. The molecule has 1 aromatic rings. The maximum Gasteiger partial charge on any atom is 0.459 e. The van der Waals surface area contributed by atoms with E-state index in [-0.39, 0.29) is 5.75 Å². The van der Waals surface area contributed by atoms with Crippen LogP contribution >= 0.6 is 7.75 Å². The number of nitrogens with zero attached hydrogens (tertiary/aromatic N) is 4. The number of benzene rings is 1. The summed E-state index contributed by atoms with van der Waals surface area (Å²) in [6.07, 6.45) is -2.54. The number of rotatable bonds is 11. The van der Waals surface area contributed by atoms with Gasteiger partial charge in [0, 0.05) is 11.1 Å². The summed E-state index contributed by atoms with van der Waals surface area (Å²) >= 11 is 0. The molecule has 3 rings (SSSR count). The lowest BCUT2D eigenvalue weighted by molar-refractivity contribution is -0.149. The van der Waals surface area contributed by atoms with E-state index >= 15 is 0 Å². The Bertz CT molecular complexity index is 1170. The lowest BCUT2D eigenvalue weighted by Crippen LogP contribution is -2.52. The average molecular weight is 551 g/mol. The van der Waals surface area contributed by atoms with Gasteiger partial charge in [0.05, 0.1) is 25.2 Å². The monoisotopic (exact) mass is 551 g/mol. The predicted octanol–water partition coefficient (Wildman–Crippen LogP) is 2.59. The first-order valence-corrected chi connectivity index (χ1v) is 13.3. The predicted molar refractivity (Wildman–Crippen MR) is 132 cm³/mol. The molecule has 1 saturated heterocycles. The zero-order valence-corrected chi connectivity index (χ0v) is 22.2. The SMILES string of the molecule is CC(C)OC(=O)[C@@H](C)NP(=O)(OC[C@H]1O[C@@H](N2C=CC(=O)CC2=O)[C@](C)(N=[N+]=[N-])[C@@H]1O)Oc1ccccc1. The summed E-state index contributed by atoms with van der Waals surface area (Å²) < 4.78 is 35.9. The summed E-state index contributed by atoms with van der Waals surface area (Å²) in [4.78, 5) is 40.2. The summed E-state index contributed by atoms with van der Waals surface area (Å²) in [7, 11) is -4.29. The van der Waals surface area contributed by atoms with Crippen molar-refractivity contribution in [3.63, 3.8) is 0 Å². The van der Waals surface area contributed by atoms with Gasteiger partial charge in [-0.3, -0.25) is 23.8 Å². The van der Waals surface area contributed by atoms with E-state index in [1.807, 2.05) is 0 Å². The van der Waals surface area contributed by atoms with E-state index in [2.05, 4.69) is 15.1 Å². The van der Waals surface area contributed by atoms with Gasteiger partial charge in [0.1, 0.15) is 23.4 Å². The van der Waals surface area contributed by atoms with Crippen molar-refractivity contribution in [3.05, 3.63) is 53.1 Å². The number of para-hydroxylation sites is 1. The van der Waals surface area contributed by atoms with E-state index in [9.17, 15) is 24.1 Å². The Hall–Kier alpha value is -3.25. The first kappa shape index (κ1) is 29.3. The molecule has 0 spiro atoms. The van der Waals surface area contributed by atoms with Crippen LogP contribution in [-0.2, 0) is 32.9 Å². The van der Waals surface area contributed by atoms with Crippen molar-refractivity contribution in [1.82, 2.24) is 9.99 Å². The molecule has 15 heteroatoms. The van der Waals surface area contributed by atoms with Gasteiger partial charge in [-0.05, 0) is 51.4 Å². The van der Waals surface area contributed by atoms with Crippen LogP contribution in [0.3, 0.4) is 0 Å². The summed E-state index contributed by atoms with van der Waals surface area (Å²) in [5, 5.41) is 17.2. The quantitative estimate of drug-likeness (QED) is 0.103. The fourth-order valence-electron chi connectivity index (χ4n) is 3.84. The number of ether oxygens (including phenoxy) is 2. The lowest BCUT2D eigenvalue weighted by Gasteiger charge is -2.35. The minimum atomic E-state index is -4.29. The number of carbonyl (C=O) groups is 3. The fraction of sp³-hybridized carbons (Fsp3) is 0.522. The molecule has 0 radical (unpaired) electrons. The fourth-order valence-corrected chi connectivity index (χ4v) is 5.35. The van der Waals surface area contributed by atoms with E-state index in [0.29, 0.717) is 0 Å². The maximum atomic E-state index is 13.7. The Morgan fingerprint density at radius 1 is 1.34 bits per heavy atom. The summed E-state index contributed by atoms with van der Waals surface area (Å²) in [5.74, 6) is -1.55.